The first-order valence-electron chi connectivity index (χ1n) is 5.75. The molecule has 2 N–H and O–H groups in total. The molecular weight excluding hydrogens is 287 g/mol. The summed E-state index contributed by atoms with van der Waals surface area (Å²) >= 11 is 0.804. The first-order chi connectivity index (χ1) is 9.54. The average molecular weight is 298 g/mol. The molecule has 0 radical (unpaired) electrons. The number of nitrogens with one attached hydrogen (secondary N) is 1. The predicted octanol–water partition coefficient (Wildman–Crippen LogP) is 1.36. The molecule has 2 aromatic heterocycles. The third kappa shape index (κ3) is 2.72. The maximum absolute atomic E-state index is 13.9. The van der Waals surface area contributed by atoms with E-state index in [1.807, 2.05) is 6.92 Å². The van der Waals surface area contributed by atoms with Gasteiger partial charge in [-0.1, -0.05) is 6.92 Å². The number of pyridine rings is 1. The van der Waals surface area contributed by atoms with Crippen molar-refractivity contribution in [3.63, 3.8) is 0 Å². The zero-order valence-electron chi connectivity index (χ0n) is 10.5. The highest BCUT2D eigenvalue weighted by Crippen LogP contribution is 2.27. The van der Waals surface area contributed by atoms with Crippen LogP contribution in [-0.4, -0.2) is 30.8 Å². The fraction of sp³-hybridized carbons (Fsp3) is 0.273. The van der Waals surface area contributed by atoms with Crippen LogP contribution in [-0.2, 0) is 6.54 Å². The second-order valence-electron chi connectivity index (χ2n) is 3.85. The molecule has 9 heteroatoms. The van der Waals surface area contributed by atoms with Gasteiger partial charge in [0, 0.05) is 12.7 Å². The van der Waals surface area contributed by atoms with E-state index in [1.54, 1.807) is 0 Å². The van der Waals surface area contributed by atoms with E-state index in [2.05, 4.69) is 15.2 Å². The fourth-order valence-corrected chi connectivity index (χ4v) is 2.41. The summed E-state index contributed by atoms with van der Waals surface area (Å²) in [7, 11) is 0. The third-order valence-corrected chi connectivity index (χ3v) is 3.42. The normalized spacial score (nSPS) is 10.7. The molecule has 0 saturated heterocycles. The number of H-pyrrole nitrogens is 1. The number of aromatic nitrogens is 4. The third-order valence-electron chi connectivity index (χ3n) is 2.45. The van der Waals surface area contributed by atoms with Gasteiger partial charge in [0.15, 0.2) is 11.0 Å². The van der Waals surface area contributed by atoms with E-state index in [0.717, 1.165) is 17.8 Å². The van der Waals surface area contributed by atoms with Gasteiger partial charge in [-0.25, -0.2) is 24.1 Å². The molecule has 106 valence electrons. The van der Waals surface area contributed by atoms with Gasteiger partial charge in [-0.05, 0) is 24.2 Å². The SMILES string of the molecule is CCCn1c(Sc2nccc(C(=O)O)c2F)n[nH]c1=O. The molecule has 0 amide bonds. The number of hydrogen-bond acceptors (Lipinski definition) is 5. The number of nitrogens with zero attached hydrogens (tertiary/aromatic N) is 3. The average Bonchev–Trinajstić information content (AvgIpc) is 2.74. The maximum Gasteiger partial charge on any atom is 0.343 e. The van der Waals surface area contributed by atoms with Crippen LogP contribution in [0, 0.1) is 5.82 Å². The Morgan fingerprint density at radius 3 is 3.00 bits per heavy atom. The molecule has 0 unspecified atom stereocenters. The van der Waals surface area contributed by atoms with Crippen LogP contribution in [0.3, 0.4) is 0 Å². The van der Waals surface area contributed by atoms with Crippen molar-refractivity contribution in [1.29, 1.82) is 0 Å². The number of aromatic carboxylic acids is 1. The van der Waals surface area contributed by atoms with Crippen LogP contribution < -0.4 is 5.69 Å². The quantitative estimate of drug-likeness (QED) is 0.864. The molecular formula is C11H11FN4O3S. The van der Waals surface area contributed by atoms with E-state index >= 15 is 0 Å². The number of rotatable bonds is 5. The maximum atomic E-state index is 13.9. The van der Waals surface area contributed by atoms with E-state index < -0.39 is 23.0 Å². The molecule has 0 fully saturated rings. The van der Waals surface area contributed by atoms with Crippen LogP contribution in [0.1, 0.15) is 23.7 Å². The van der Waals surface area contributed by atoms with Gasteiger partial charge in [0.05, 0.1) is 5.56 Å². The Morgan fingerprint density at radius 2 is 2.35 bits per heavy atom. The first-order valence-corrected chi connectivity index (χ1v) is 6.57. The molecule has 0 aliphatic rings. The molecule has 2 aromatic rings. The largest absolute Gasteiger partial charge is 0.478 e. The van der Waals surface area contributed by atoms with Crippen LogP contribution in [0.25, 0.3) is 0 Å². The van der Waals surface area contributed by atoms with E-state index in [-0.39, 0.29) is 10.2 Å². The monoisotopic (exact) mass is 298 g/mol. The smallest absolute Gasteiger partial charge is 0.343 e. The number of hydrogen-bond donors (Lipinski definition) is 2. The molecule has 0 spiro atoms. The second kappa shape index (κ2) is 5.87. The Kier molecular flexibility index (Phi) is 4.18. The summed E-state index contributed by atoms with van der Waals surface area (Å²) in [5.41, 5.74) is -0.869. The molecule has 20 heavy (non-hydrogen) atoms. The van der Waals surface area contributed by atoms with Crippen molar-refractivity contribution in [3.05, 3.63) is 34.1 Å². The van der Waals surface area contributed by atoms with Gasteiger partial charge >= 0.3 is 11.7 Å². The van der Waals surface area contributed by atoms with Crippen molar-refractivity contribution in [2.24, 2.45) is 0 Å². The van der Waals surface area contributed by atoms with Crippen LogP contribution in [0.4, 0.5) is 4.39 Å². The van der Waals surface area contributed by atoms with E-state index in [4.69, 9.17) is 5.11 Å². The lowest BCUT2D eigenvalue weighted by Gasteiger charge is -2.05. The van der Waals surface area contributed by atoms with Crippen molar-refractivity contribution in [2.45, 2.75) is 30.1 Å². The Morgan fingerprint density at radius 1 is 1.60 bits per heavy atom. The summed E-state index contributed by atoms with van der Waals surface area (Å²) in [5.74, 6) is -2.32. The molecule has 0 saturated carbocycles. The van der Waals surface area contributed by atoms with Gasteiger partial charge in [-0.15, -0.1) is 5.10 Å². The van der Waals surface area contributed by atoms with Gasteiger partial charge < -0.3 is 5.11 Å². The summed E-state index contributed by atoms with van der Waals surface area (Å²) in [4.78, 5) is 26.1. The summed E-state index contributed by atoms with van der Waals surface area (Å²) < 4.78 is 15.3. The van der Waals surface area contributed by atoms with E-state index in [9.17, 15) is 14.0 Å². The van der Waals surface area contributed by atoms with Gasteiger partial charge in [-0.3, -0.25) is 4.57 Å². The Bertz CT molecular complexity index is 697. The molecule has 0 bridgehead atoms. The summed E-state index contributed by atoms with van der Waals surface area (Å²) in [5, 5.41) is 15.0. The second-order valence-corrected chi connectivity index (χ2v) is 4.80. The zero-order chi connectivity index (χ0) is 14.7. The highest BCUT2D eigenvalue weighted by Gasteiger charge is 2.18. The highest BCUT2D eigenvalue weighted by molar-refractivity contribution is 7.99. The Labute approximate surface area is 116 Å². The van der Waals surface area contributed by atoms with Crippen molar-refractivity contribution in [1.82, 2.24) is 19.7 Å². The van der Waals surface area contributed by atoms with Crippen molar-refractivity contribution < 1.29 is 14.3 Å². The lowest BCUT2D eigenvalue weighted by molar-refractivity contribution is 0.0691. The molecule has 2 heterocycles. The van der Waals surface area contributed by atoms with Gasteiger partial charge in [-0.2, -0.15) is 0 Å². The van der Waals surface area contributed by atoms with Crippen molar-refractivity contribution in [3.8, 4) is 0 Å². The number of carbonyl (C=O) groups is 1. The molecule has 0 atom stereocenters. The van der Waals surface area contributed by atoms with Crippen molar-refractivity contribution in [2.75, 3.05) is 0 Å². The number of carboxylic acid groups (broad SMARTS) is 1. The minimum atomic E-state index is -1.38. The standard InChI is InChI=1S/C11H11FN4O3S/c1-2-5-16-10(19)14-15-11(16)20-8-7(12)6(9(17)18)3-4-13-8/h3-4H,2,5H2,1H3,(H,14,19)(H,17,18). The minimum absolute atomic E-state index is 0.138. The Hall–Kier alpha value is -2.16. The topological polar surface area (TPSA) is 101 Å². The Balaban J connectivity index is 2.38. The lowest BCUT2D eigenvalue weighted by atomic mass is 10.3. The van der Waals surface area contributed by atoms with Crippen LogP contribution in [0.2, 0.25) is 0 Å². The minimum Gasteiger partial charge on any atom is -0.478 e. The summed E-state index contributed by atoms with van der Waals surface area (Å²) in [6, 6.07) is 1.07. The lowest BCUT2D eigenvalue weighted by Crippen LogP contribution is -2.17. The summed E-state index contributed by atoms with van der Waals surface area (Å²) in [6.07, 6.45) is 1.90. The summed E-state index contributed by atoms with van der Waals surface area (Å²) in [6.45, 7) is 2.32. The molecule has 0 aliphatic carbocycles. The number of halogens is 1. The van der Waals surface area contributed by atoms with Crippen LogP contribution in [0.5, 0.6) is 0 Å². The van der Waals surface area contributed by atoms with Crippen LogP contribution >= 0.6 is 11.8 Å². The molecule has 0 aliphatic heterocycles. The predicted molar refractivity (Wildman–Crippen MR) is 68.4 cm³/mol. The van der Waals surface area contributed by atoms with Gasteiger partial charge in [0.2, 0.25) is 0 Å². The number of carboxylic acids is 1. The fourth-order valence-electron chi connectivity index (χ4n) is 1.55. The van der Waals surface area contributed by atoms with E-state index in [0.29, 0.717) is 13.0 Å². The van der Waals surface area contributed by atoms with Crippen molar-refractivity contribution >= 4 is 17.7 Å². The van der Waals surface area contributed by atoms with Gasteiger partial charge in [0.25, 0.3) is 0 Å². The number of aromatic amines is 1. The molecule has 7 nitrogen and oxygen atoms in total. The molecule has 0 aromatic carbocycles. The zero-order valence-corrected chi connectivity index (χ0v) is 11.3. The van der Waals surface area contributed by atoms with Crippen LogP contribution in [0.15, 0.2) is 27.2 Å². The van der Waals surface area contributed by atoms with E-state index in [1.165, 1.54) is 10.8 Å². The van der Waals surface area contributed by atoms with Gasteiger partial charge in [0.1, 0.15) is 5.03 Å². The highest BCUT2D eigenvalue weighted by atomic mass is 32.2. The first kappa shape index (κ1) is 14.3. The molecule has 2 rings (SSSR count).